The van der Waals surface area contributed by atoms with Crippen molar-refractivity contribution in [3.63, 3.8) is 0 Å². The van der Waals surface area contributed by atoms with Crippen molar-refractivity contribution < 1.29 is 13.9 Å². The van der Waals surface area contributed by atoms with E-state index >= 15 is 0 Å². The van der Waals surface area contributed by atoms with Crippen molar-refractivity contribution in [1.29, 1.82) is 0 Å². The third-order valence-electron chi connectivity index (χ3n) is 4.20. The van der Waals surface area contributed by atoms with Gasteiger partial charge in [-0.2, -0.15) is 0 Å². The van der Waals surface area contributed by atoms with Crippen LogP contribution in [0.5, 0.6) is 5.75 Å². The first-order valence-electron chi connectivity index (χ1n) is 8.27. The molecular weight excluding hydrogens is 343 g/mol. The predicted molar refractivity (Wildman–Crippen MR) is 98.2 cm³/mol. The van der Waals surface area contributed by atoms with Crippen LogP contribution in [-0.2, 0) is 4.79 Å². The van der Waals surface area contributed by atoms with Crippen LogP contribution in [0.1, 0.15) is 18.4 Å². The lowest BCUT2D eigenvalue weighted by Crippen LogP contribution is -2.25. The number of para-hydroxylation sites is 1. The van der Waals surface area contributed by atoms with Gasteiger partial charge in [0.05, 0.1) is 5.69 Å². The minimum Gasteiger partial charge on any atom is -0.483 e. The highest BCUT2D eigenvalue weighted by atomic mass is 35.5. The van der Waals surface area contributed by atoms with E-state index in [0.29, 0.717) is 16.5 Å². The highest BCUT2D eigenvalue weighted by Crippen LogP contribution is 2.31. The van der Waals surface area contributed by atoms with Gasteiger partial charge in [0.2, 0.25) is 0 Å². The second-order valence-corrected chi connectivity index (χ2v) is 6.51. The number of hydrogen-bond acceptors (Lipinski definition) is 3. The molecule has 1 amide bonds. The zero-order valence-corrected chi connectivity index (χ0v) is 14.8. The van der Waals surface area contributed by atoms with Crippen LogP contribution in [0.2, 0.25) is 5.02 Å². The summed E-state index contributed by atoms with van der Waals surface area (Å²) in [5, 5.41) is 3.26. The Morgan fingerprint density at radius 2 is 2.04 bits per heavy atom. The SMILES string of the molecule is Cc1cc(Cl)ccc1OCC(=O)Nc1c(F)cccc1N1CCCC1. The van der Waals surface area contributed by atoms with Gasteiger partial charge in [0.25, 0.3) is 5.91 Å². The van der Waals surface area contributed by atoms with Crippen molar-refractivity contribution >= 4 is 28.9 Å². The lowest BCUT2D eigenvalue weighted by molar-refractivity contribution is -0.118. The van der Waals surface area contributed by atoms with Crippen LogP contribution in [0.15, 0.2) is 36.4 Å². The summed E-state index contributed by atoms with van der Waals surface area (Å²) in [6.45, 7) is 3.39. The number of ether oxygens (including phenoxy) is 1. The van der Waals surface area contributed by atoms with Crippen LogP contribution in [0, 0.1) is 12.7 Å². The Bertz CT molecular complexity index is 776. The van der Waals surface area contributed by atoms with E-state index in [1.54, 1.807) is 24.3 Å². The van der Waals surface area contributed by atoms with Gasteiger partial charge in [-0.3, -0.25) is 4.79 Å². The molecule has 0 bridgehead atoms. The van der Waals surface area contributed by atoms with Gasteiger partial charge in [0, 0.05) is 18.1 Å². The molecule has 0 unspecified atom stereocenters. The van der Waals surface area contributed by atoms with E-state index in [1.807, 2.05) is 13.0 Å². The van der Waals surface area contributed by atoms with E-state index in [2.05, 4.69) is 10.2 Å². The molecule has 2 aromatic rings. The van der Waals surface area contributed by atoms with Gasteiger partial charge in [0.1, 0.15) is 17.3 Å². The molecule has 1 heterocycles. The lowest BCUT2D eigenvalue weighted by Gasteiger charge is -2.22. The first kappa shape index (κ1) is 17.5. The molecule has 1 N–H and O–H groups in total. The number of carbonyl (C=O) groups is 1. The van der Waals surface area contributed by atoms with Crippen LogP contribution in [0.3, 0.4) is 0 Å². The molecule has 0 aliphatic carbocycles. The first-order chi connectivity index (χ1) is 12.0. The minimum atomic E-state index is -0.444. The van der Waals surface area contributed by atoms with E-state index in [9.17, 15) is 9.18 Å². The molecule has 0 saturated carbocycles. The predicted octanol–water partition coefficient (Wildman–Crippen LogP) is 4.41. The van der Waals surface area contributed by atoms with Crippen LogP contribution in [0.25, 0.3) is 0 Å². The summed E-state index contributed by atoms with van der Waals surface area (Å²) < 4.78 is 19.8. The summed E-state index contributed by atoms with van der Waals surface area (Å²) in [6.07, 6.45) is 2.14. The number of rotatable bonds is 5. The third-order valence-corrected chi connectivity index (χ3v) is 4.43. The molecular formula is C19H20ClFN2O2. The number of carbonyl (C=O) groups excluding carboxylic acids is 1. The highest BCUT2D eigenvalue weighted by molar-refractivity contribution is 6.30. The quantitative estimate of drug-likeness (QED) is 0.856. The van der Waals surface area contributed by atoms with Crippen LogP contribution in [0.4, 0.5) is 15.8 Å². The van der Waals surface area contributed by atoms with Crippen molar-refractivity contribution in [2.45, 2.75) is 19.8 Å². The Morgan fingerprint density at radius 1 is 1.28 bits per heavy atom. The summed E-state index contributed by atoms with van der Waals surface area (Å²) in [4.78, 5) is 14.3. The zero-order chi connectivity index (χ0) is 17.8. The van der Waals surface area contributed by atoms with Crippen molar-refractivity contribution in [2.24, 2.45) is 0 Å². The monoisotopic (exact) mass is 362 g/mol. The fourth-order valence-corrected chi connectivity index (χ4v) is 3.18. The van der Waals surface area contributed by atoms with E-state index in [0.717, 1.165) is 31.5 Å². The molecule has 0 atom stereocenters. The molecule has 0 spiro atoms. The first-order valence-corrected chi connectivity index (χ1v) is 8.64. The maximum absolute atomic E-state index is 14.2. The van der Waals surface area contributed by atoms with Gasteiger partial charge < -0.3 is 15.0 Å². The number of benzene rings is 2. The Balaban J connectivity index is 1.68. The molecule has 1 aliphatic rings. The number of anilines is 2. The van der Waals surface area contributed by atoms with Crippen LogP contribution < -0.4 is 15.0 Å². The number of halogens is 2. The van der Waals surface area contributed by atoms with E-state index < -0.39 is 11.7 Å². The molecule has 6 heteroatoms. The topological polar surface area (TPSA) is 41.6 Å². The third kappa shape index (κ3) is 4.23. The number of nitrogens with one attached hydrogen (secondary N) is 1. The zero-order valence-electron chi connectivity index (χ0n) is 14.0. The Hall–Kier alpha value is -2.27. The van der Waals surface area contributed by atoms with E-state index in [1.165, 1.54) is 6.07 Å². The molecule has 1 saturated heterocycles. The van der Waals surface area contributed by atoms with Crippen molar-refractivity contribution in [2.75, 3.05) is 29.9 Å². The molecule has 132 valence electrons. The molecule has 25 heavy (non-hydrogen) atoms. The average molecular weight is 363 g/mol. The fraction of sp³-hybridized carbons (Fsp3) is 0.316. The second kappa shape index (κ2) is 7.74. The standard InChI is InChI=1S/C19H20ClFN2O2/c1-13-11-14(20)7-8-17(13)25-12-18(24)22-19-15(21)5-4-6-16(19)23-9-2-3-10-23/h4-8,11H,2-3,9-10,12H2,1H3,(H,22,24). The van der Waals surface area contributed by atoms with E-state index in [-0.39, 0.29) is 12.3 Å². The number of nitrogens with zero attached hydrogens (tertiary/aromatic N) is 1. The van der Waals surface area contributed by atoms with Gasteiger partial charge in [0.15, 0.2) is 6.61 Å². The maximum Gasteiger partial charge on any atom is 0.262 e. The van der Waals surface area contributed by atoms with Gasteiger partial charge in [-0.25, -0.2) is 4.39 Å². The number of amides is 1. The Labute approximate surface area is 151 Å². The number of aryl methyl sites for hydroxylation is 1. The van der Waals surface area contributed by atoms with Gasteiger partial charge >= 0.3 is 0 Å². The summed E-state index contributed by atoms with van der Waals surface area (Å²) in [5.74, 6) is -0.270. The second-order valence-electron chi connectivity index (χ2n) is 6.07. The smallest absolute Gasteiger partial charge is 0.262 e. The summed E-state index contributed by atoms with van der Waals surface area (Å²) in [7, 11) is 0. The molecule has 1 fully saturated rings. The molecule has 2 aromatic carbocycles. The average Bonchev–Trinajstić information content (AvgIpc) is 3.10. The Morgan fingerprint density at radius 3 is 2.76 bits per heavy atom. The Kier molecular flexibility index (Phi) is 5.43. The molecule has 1 aliphatic heterocycles. The van der Waals surface area contributed by atoms with Gasteiger partial charge in [-0.15, -0.1) is 0 Å². The minimum absolute atomic E-state index is 0.198. The van der Waals surface area contributed by atoms with E-state index in [4.69, 9.17) is 16.3 Å². The summed E-state index contributed by atoms with van der Waals surface area (Å²) in [6, 6.07) is 10.0. The van der Waals surface area contributed by atoms with Gasteiger partial charge in [-0.1, -0.05) is 17.7 Å². The summed E-state index contributed by atoms with van der Waals surface area (Å²) in [5.41, 5.74) is 1.77. The van der Waals surface area contributed by atoms with Crippen LogP contribution in [-0.4, -0.2) is 25.6 Å². The van der Waals surface area contributed by atoms with Crippen LogP contribution >= 0.6 is 11.6 Å². The lowest BCUT2D eigenvalue weighted by atomic mass is 10.2. The molecule has 0 radical (unpaired) electrons. The molecule has 4 nitrogen and oxygen atoms in total. The molecule has 3 rings (SSSR count). The summed E-state index contributed by atoms with van der Waals surface area (Å²) >= 11 is 5.90. The number of hydrogen-bond donors (Lipinski definition) is 1. The van der Waals surface area contributed by atoms with Gasteiger partial charge in [-0.05, 0) is 55.7 Å². The fourth-order valence-electron chi connectivity index (χ4n) is 2.95. The molecule has 0 aromatic heterocycles. The van der Waals surface area contributed by atoms with Crippen molar-refractivity contribution in [3.8, 4) is 5.75 Å². The highest BCUT2D eigenvalue weighted by Gasteiger charge is 2.19. The maximum atomic E-state index is 14.2. The van der Waals surface area contributed by atoms with Crippen molar-refractivity contribution in [3.05, 3.63) is 52.8 Å². The normalized spacial score (nSPS) is 13.8. The largest absolute Gasteiger partial charge is 0.483 e. The van der Waals surface area contributed by atoms with Crippen molar-refractivity contribution in [1.82, 2.24) is 0 Å².